The minimum Gasteiger partial charge on any atom is -0.503 e. The Morgan fingerprint density at radius 1 is 1.43 bits per heavy atom. The molecule has 5 nitrogen and oxygen atoms in total. The van der Waals surface area contributed by atoms with Crippen LogP contribution in [0.15, 0.2) is 41.5 Å². The summed E-state index contributed by atoms with van der Waals surface area (Å²) in [5.41, 5.74) is 2.96. The number of hydrogen-bond acceptors (Lipinski definition) is 4. The molecule has 0 aliphatic carbocycles. The quantitative estimate of drug-likeness (QED) is 0.649. The summed E-state index contributed by atoms with van der Waals surface area (Å²) in [6.07, 6.45) is 1.34. The van der Waals surface area contributed by atoms with Gasteiger partial charge in [0.1, 0.15) is 5.82 Å². The average Bonchev–Trinajstić information content (AvgIpc) is 2.52. The van der Waals surface area contributed by atoms with E-state index in [-0.39, 0.29) is 22.1 Å². The van der Waals surface area contributed by atoms with Gasteiger partial charge < -0.3 is 9.84 Å². The van der Waals surface area contributed by atoms with Gasteiger partial charge in [-0.05, 0) is 42.8 Å². The molecule has 2 rings (SSSR count). The molecular formula is C16H14ClFN2O3. The van der Waals surface area contributed by atoms with Crippen molar-refractivity contribution in [1.82, 2.24) is 5.43 Å². The molecule has 0 bridgehead atoms. The fourth-order valence-corrected chi connectivity index (χ4v) is 2.01. The number of phenols is 1. The van der Waals surface area contributed by atoms with Crippen LogP contribution in [0.3, 0.4) is 0 Å². The van der Waals surface area contributed by atoms with Crippen LogP contribution in [0.1, 0.15) is 22.8 Å². The molecule has 120 valence electrons. The van der Waals surface area contributed by atoms with Crippen LogP contribution in [0, 0.1) is 5.82 Å². The molecule has 7 heteroatoms. The number of nitrogens with zero attached hydrogens (tertiary/aromatic N) is 1. The van der Waals surface area contributed by atoms with E-state index in [0.717, 1.165) is 6.07 Å². The molecule has 0 fully saturated rings. The van der Waals surface area contributed by atoms with E-state index in [1.807, 2.05) is 0 Å². The summed E-state index contributed by atoms with van der Waals surface area (Å²) in [7, 11) is 0. The van der Waals surface area contributed by atoms with Crippen molar-refractivity contribution in [2.45, 2.75) is 6.92 Å². The third-order valence-electron chi connectivity index (χ3n) is 2.82. The van der Waals surface area contributed by atoms with Crippen molar-refractivity contribution < 1.29 is 19.0 Å². The highest BCUT2D eigenvalue weighted by Crippen LogP contribution is 2.34. The first kappa shape index (κ1) is 16.8. The Kier molecular flexibility index (Phi) is 5.54. The maximum absolute atomic E-state index is 13.0. The summed E-state index contributed by atoms with van der Waals surface area (Å²) in [4.78, 5) is 11.8. The lowest BCUT2D eigenvalue weighted by atomic mass is 10.2. The zero-order valence-corrected chi connectivity index (χ0v) is 13.0. The largest absolute Gasteiger partial charge is 0.503 e. The molecule has 0 radical (unpaired) electrons. The average molecular weight is 337 g/mol. The lowest BCUT2D eigenvalue weighted by Gasteiger charge is -2.08. The molecule has 2 aromatic carbocycles. The maximum Gasteiger partial charge on any atom is 0.271 e. The number of carbonyl (C=O) groups excluding carboxylic acids is 1. The summed E-state index contributed by atoms with van der Waals surface area (Å²) < 4.78 is 18.3. The van der Waals surface area contributed by atoms with Crippen molar-refractivity contribution in [1.29, 1.82) is 0 Å². The third-order valence-corrected chi connectivity index (χ3v) is 3.11. The Labute approximate surface area is 137 Å². The van der Waals surface area contributed by atoms with E-state index in [9.17, 15) is 14.3 Å². The number of carbonyl (C=O) groups is 1. The smallest absolute Gasteiger partial charge is 0.271 e. The van der Waals surface area contributed by atoms with Gasteiger partial charge in [-0.1, -0.05) is 17.7 Å². The number of amides is 1. The van der Waals surface area contributed by atoms with Gasteiger partial charge in [-0.15, -0.1) is 0 Å². The second-order valence-electron chi connectivity index (χ2n) is 4.49. The monoisotopic (exact) mass is 336 g/mol. The highest BCUT2D eigenvalue weighted by atomic mass is 35.5. The Hall–Kier alpha value is -2.60. The molecule has 2 N–H and O–H groups in total. The summed E-state index contributed by atoms with van der Waals surface area (Å²) in [5.74, 6) is -0.990. The fraction of sp³-hybridized carbons (Fsp3) is 0.125. The van der Waals surface area contributed by atoms with Gasteiger partial charge in [-0.2, -0.15) is 5.10 Å². The van der Waals surface area contributed by atoms with Crippen LogP contribution in [0.25, 0.3) is 0 Å². The molecule has 0 atom stereocenters. The van der Waals surface area contributed by atoms with E-state index < -0.39 is 11.7 Å². The van der Waals surface area contributed by atoms with Gasteiger partial charge in [0.25, 0.3) is 5.91 Å². The van der Waals surface area contributed by atoms with E-state index in [1.54, 1.807) is 6.92 Å². The number of benzene rings is 2. The number of rotatable bonds is 5. The van der Waals surface area contributed by atoms with Crippen LogP contribution >= 0.6 is 11.6 Å². The lowest BCUT2D eigenvalue weighted by molar-refractivity contribution is 0.0954. The summed E-state index contributed by atoms with van der Waals surface area (Å²) in [6.45, 7) is 2.13. The highest BCUT2D eigenvalue weighted by molar-refractivity contribution is 6.32. The highest BCUT2D eigenvalue weighted by Gasteiger charge is 2.09. The standard InChI is InChI=1S/C16H14ClFN2O3/c1-2-23-14-7-10(6-13(17)15(14)21)9-19-20-16(22)11-4-3-5-12(18)8-11/h3-9,21H,2H2,1H3,(H,20,22)/b19-9-. The van der Waals surface area contributed by atoms with Crippen LogP contribution < -0.4 is 10.2 Å². The topological polar surface area (TPSA) is 70.9 Å². The molecule has 2 aromatic rings. The molecule has 1 amide bonds. The summed E-state index contributed by atoms with van der Waals surface area (Å²) in [5, 5.41) is 13.6. The van der Waals surface area contributed by atoms with Crippen LogP contribution in [0.4, 0.5) is 4.39 Å². The van der Waals surface area contributed by atoms with E-state index >= 15 is 0 Å². The zero-order chi connectivity index (χ0) is 16.8. The summed E-state index contributed by atoms with van der Waals surface area (Å²) >= 11 is 5.89. The number of hydrogen-bond donors (Lipinski definition) is 2. The van der Waals surface area contributed by atoms with Crippen LogP contribution in [-0.4, -0.2) is 23.8 Å². The normalized spacial score (nSPS) is 10.7. The van der Waals surface area contributed by atoms with Crippen LogP contribution in [0.5, 0.6) is 11.5 Å². The van der Waals surface area contributed by atoms with Crippen molar-refractivity contribution in [3.05, 3.63) is 58.4 Å². The van der Waals surface area contributed by atoms with Crippen molar-refractivity contribution in [2.24, 2.45) is 5.10 Å². The van der Waals surface area contributed by atoms with Crippen molar-refractivity contribution in [2.75, 3.05) is 6.61 Å². The minimum absolute atomic E-state index is 0.105. The zero-order valence-electron chi connectivity index (χ0n) is 12.2. The summed E-state index contributed by atoms with van der Waals surface area (Å²) in [6, 6.07) is 8.25. The predicted molar refractivity (Wildman–Crippen MR) is 85.7 cm³/mol. The Bertz CT molecular complexity index is 750. The van der Waals surface area contributed by atoms with Gasteiger partial charge in [0.2, 0.25) is 0 Å². The molecule has 0 saturated heterocycles. The predicted octanol–water partition coefficient (Wildman–Crippen LogP) is 3.35. The Morgan fingerprint density at radius 3 is 2.91 bits per heavy atom. The molecule has 0 aromatic heterocycles. The van der Waals surface area contributed by atoms with Crippen molar-refractivity contribution in [3.8, 4) is 11.5 Å². The number of nitrogens with one attached hydrogen (secondary N) is 1. The number of halogens is 2. The molecule has 0 aliphatic heterocycles. The molecule has 0 heterocycles. The Morgan fingerprint density at radius 2 is 2.22 bits per heavy atom. The maximum atomic E-state index is 13.0. The number of ether oxygens (including phenoxy) is 1. The number of aromatic hydroxyl groups is 1. The molecular weight excluding hydrogens is 323 g/mol. The van der Waals surface area contributed by atoms with Crippen molar-refractivity contribution >= 4 is 23.7 Å². The molecule has 0 saturated carbocycles. The van der Waals surface area contributed by atoms with Gasteiger partial charge >= 0.3 is 0 Å². The first-order valence-corrected chi connectivity index (χ1v) is 7.13. The van der Waals surface area contributed by atoms with Gasteiger partial charge in [-0.25, -0.2) is 9.82 Å². The first-order valence-electron chi connectivity index (χ1n) is 6.75. The second-order valence-corrected chi connectivity index (χ2v) is 4.90. The molecule has 0 spiro atoms. The van der Waals surface area contributed by atoms with Gasteiger partial charge in [0.05, 0.1) is 17.8 Å². The van der Waals surface area contributed by atoms with Gasteiger partial charge in [-0.3, -0.25) is 4.79 Å². The van der Waals surface area contributed by atoms with Gasteiger partial charge in [0.15, 0.2) is 11.5 Å². The van der Waals surface area contributed by atoms with Gasteiger partial charge in [0, 0.05) is 5.56 Å². The molecule has 23 heavy (non-hydrogen) atoms. The van der Waals surface area contributed by atoms with Crippen molar-refractivity contribution in [3.63, 3.8) is 0 Å². The number of hydrazone groups is 1. The Balaban J connectivity index is 2.10. The van der Waals surface area contributed by atoms with E-state index in [1.165, 1.54) is 36.5 Å². The third kappa shape index (κ3) is 4.43. The first-order chi connectivity index (χ1) is 11.0. The van der Waals surface area contributed by atoms with E-state index in [0.29, 0.717) is 12.2 Å². The van der Waals surface area contributed by atoms with E-state index in [2.05, 4.69) is 10.5 Å². The van der Waals surface area contributed by atoms with Crippen LogP contribution in [0.2, 0.25) is 5.02 Å². The SMILES string of the molecule is CCOc1cc(/C=N\NC(=O)c2cccc(F)c2)cc(Cl)c1O. The molecule has 0 aliphatic rings. The lowest BCUT2D eigenvalue weighted by Crippen LogP contribution is -2.17. The molecule has 0 unspecified atom stereocenters. The fourth-order valence-electron chi connectivity index (χ4n) is 1.79. The second kappa shape index (κ2) is 7.60. The van der Waals surface area contributed by atoms with Crippen LogP contribution in [-0.2, 0) is 0 Å². The van der Waals surface area contributed by atoms with E-state index in [4.69, 9.17) is 16.3 Å². The number of phenolic OH excluding ortho intramolecular Hbond substituents is 1. The minimum atomic E-state index is -0.546.